The lowest BCUT2D eigenvalue weighted by molar-refractivity contribution is 0.278. The monoisotopic (exact) mass is 328 g/mol. The molecule has 5 heteroatoms. The summed E-state index contributed by atoms with van der Waals surface area (Å²) >= 11 is 13.1. The van der Waals surface area contributed by atoms with Gasteiger partial charge in [-0.15, -0.1) is 11.8 Å². The van der Waals surface area contributed by atoms with Crippen LogP contribution in [0.4, 0.5) is 0 Å². The number of thioether (sulfide) groups is 1. The molecule has 1 heterocycles. The number of hydrogen-bond donors (Lipinski definition) is 1. The molecule has 0 radical (unpaired) electrons. The molecule has 1 aliphatic heterocycles. The highest BCUT2D eigenvalue weighted by Gasteiger charge is 2.17. The Bertz CT molecular complexity index is 428. The van der Waals surface area contributed by atoms with Gasteiger partial charge in [-0.25, -0.2) is 0 Å². The van der Waals surface area contributed by atoms with Gasteiger partial charge in [-0.05, 0) is 55.2 Å². The number of halogens is 1. The smallest absolute Gasteiger partial charge is 0.168 e. The van der Waals surface area contributed by atoms with Gasteiger partial charge >= 0.3 is 0 Å². The molecule has 1 aromatic carbocycles. The van der Waals surface area contributed by atoms with Gasteiger partial charge in [0.25, 0.3) is 0 Å². The van der Waals surface area contributed by atoms with Crippen LogP contribution >= 0.6 is 35.6 Å². The molecule has 1 N–H and O–H groups in total. The molecule has 0 aromatic heterocycles. The van der Waals surface area contributed by atoms with Crippen molar-refractivity contribution in [1.82, 2.24) is 10.2 Å². The lowest BCUT2D eigenvalue weighted by atomic mass is 10.00. The third-order valence-corrected chi connectivity index (χ3v) is 5.20. The molecule has 0 saturated carbocycles. The van der Waals surface area contributed by atoms with E-state index in [0.717, 1.165) is 41.4 Å². The van der Waals surface area contributed by atoms with Crippen LogP contribution in [0.3, 0.4) is 0 Å². The van der Waals surface area contributed by atoms with Crippen molar-refractivity contribution in [2.75, 3.05) is 25.4 Å². The number of nitrogens with one attached hydrogen (secondary N) is 1. The van der Waals surface area contributed by atoms with Crippen molar-refractivity contribution in [3.8, 4) is 0 Å². The SMILES string of the molecule is CC1CCN(C(=S)NCCSc2ccc(Cl)cc2)CC1. The van der Waals surface area contributed by atoms with Crippen LogP contribution in [0.2, 0.25) is 5.02 Å². The maximum atomic E-state index is 5.87. The summed E-state index contributed by atoms with van der Waals surface area (Å²) in [6.07, 6.45) is 2.50. The third kappa shape index (κ3) is 5.15. The molecule has 1 aromatic rings. The van der Waals surface area contributed by atoms with Crippen LogP contribution in [-0.4, -0.2) is 35.4 Å². The van der Waals surface area contributed by atoms with Gasteiger partial charge < -0.3 is 10.2 Å². The molecule has 2 rings (SSSR count). The Kier molecular flexibility index (Phi) is 6.46. The van der Waals surface area contributed by atoms with Gasteiger partial charge in [-0.2, -0.15) is 0 Å². The van der Waals surface area contributed by atoms with Crippen LogP contribution in [0.25, 0.3) is 0 Å². The summed E-state index contributed by atoms with van der Waals surface area (Å²) in [6, 6.07) is 7.96. The molecule has 1 saturated heterocycles. The average molecular weight is 329 g/mol. The van der Waals surface area contributed by atoms with Crippen LogP contribution in [0, 0.1) is 5.92 Å². The van der Waals surface area contributed by atoms with Gasteiger partial charge in [-0.3, -0.25) is 0 Å². The summed E-state index contributed by atoms with van der Waals surface area (Å²) in [4.78, 5) is 3.54. The van der Waals surface area contributed by atoms with E-state index in [0.29, 0.717) is 0 Å². The second-order valence-corrected chi connectivity index (χ2v) is 7.20. The topological polar surface area (TPSA) is 15.3 Å². The van der Waals surface area contributed by atoms with E-state index in [1.807, 2.05) is 23.9 Å². The first-order chi connectivity index (χ1) is 9.65. The van der Waals surface area contributed by atoms with E-state index in [-0.39, 0.29) is 0 Å². The number of thiocarbonyl (C=S) groups is 1. The zero-order valence-corrected chi connectivity index (χ0v) is 14.2. The van der Waals surface area contributed by atoms with Crippen molar-refractivity contribution in [2.45, 2.75) is 24.7 Å². The van der Waals surface area contributed by atoms with Crippen LogP contribution in [0.5, 0.6) is 0 Å². The molecule has 0 spiro atoms. The quantitative estimate of drug-likeness (QED) is 0.509. The second kappa shape index (κ2) is 8.11. The van der Waals surface area contributed by atoms with E-state index in [9.17, 15) is 0 Å². The fourth-order valence-electron chi connectivity index (χ4n) is 2.18. The molecule has 0 amide bonds. The van der Waals surface area contributed by atoms with Crippen LogP contribution in [-0.2, 0) is 0 Å². The predicted molar refractivity (Wildman–Crippen MR) is 92.7 cm³/mol. The standard InChI is InChI=1S/C15H21ClN2S2/c1-12-6-9-18(10-7-12)15(19)17-8-11-20-14-4-2-13(16)3-5-14/h2-5,12H,6-11H2,1H3,(H,17,19). The van der Waals surface area contributed by atoms with Crippen molar-refractivity contribution in [1.29, 1.82) is 0 Å². The summed E-state index contributed by atoms with van der Waals surface area (Å²) in [5.74, 6) is 1.85. The normalized spacial score (nSPS) is 16.2. The van der Waals surface area contributed by atoms with Gasteiger partial charge in [0.15, 0.2) is 5.11 Å². The zero-order chi connectivity index (χ0) is 14.4. The van der Waals surface area contributed by atoms with Gasteiger partial charge in [-0.1, -0.05) is 18.5 Å². The van der Waals surface area contributed by atoms with Crippen molar-refractivity contribution in [2.24, 2.45) is 5.92 Å². The molecule has 0 bridgehead atoms. The lowest BCUT2D eigenvalue weighted by Gasteiger charge is -2.32. The number of rotatable bonds is 4. The first-order valence-electron chi connectivity index (χ1n) is 7.06. The summed E-state index contributed by atoms with van der Waals surface area (Å²) in [5, 5.41) is 5.06. The van der Waals surface area contributed by atoms with E-state index >= 15 is 0 Å². The first kappa shape index (κ1) is 15.9. The van der Waals surface area contributed by atoms with E-state index in [4.69, 9.17) is 23.8 Å². The van der Waals surface area contributed by atoms with Crippen LogP contribution < -0.4 is 5.32 Å². The number of hydrogen-bond acceptors (Lipinski definition) is 2. The van der Waals surface area contributed by atoms with Gasteiger partial charge in [0, 0.05) is 35.3 Å². The Morgan fingerprint density at radius 2 is 2.00 bits per heavy atom. The van der Waals surface area contributed by atoms with Gasteiger partial charge in [0.1, 0.15) is 0 Å². The summed E-state index contributed by atoms with van der Waals surface area (Å²) in [6.45, 7) is 5.41. The van der Waals surface area contributed by atoms with E-state index in [2.05, 4.69) is 29.3 Å². The maximum Gasteiger partial charge on any atom is 0.168 e. The first-order valence-corrected chi connectivity index (χ1v) is 8.83. The third-order valence-electron chi connectivity index (χ3n) is 3.53. The Morgan fingerprint density at radius 1 is 1.35 bits per heavy atom. The van der Waals surface area contributed by atoms with Crippen molar-refractivity contribution in [3.05, 3.63) is 29.3 Å². The molecular weight excluding hydrogens is 308 g/mol. The predicted octanol–water partition coefficient (Wildman–Crippen LogP) is 4.04. The summed E-state index contributed by atoms with van der Waals surface area (Å²) < 4.78 is 0. The van der Waals surface area contributed by atoms with Crippen molar-refractivity contribution in [3.63, 3.8) is 0 Å². The molecule has 1 aliphatic rings. The minimum Gasteiger partial charge on any atom is -0.362 e. The zero-order valence-electron chi connectivity index (χ0n) is 11.8. The highest BCUT2D eigenvalue weighted by molar-refractivity contribution is 7.99. The van der Waals surface area contributed by atoms with Crippen LogP contribution in [0.1, 0.15) is 19.8 Å². The molecule has 0 atom stereocenters. The van der Waals surface area contributed by atoms with Gasteiger partial charge in [0.2, 0.25) is 0 Å². The largest absolute Gasteiger partial charge is 0.362 e. The minimum absolute atomic E-state index is 0.785. The second-order valence-electron chi connectivity index (χ2n) is 5.20. The fraction of sp³-hybridized carbons (Fsp3) is 0.533. The van der Waals surface area contributed by atoms with E-state index in [1.165, 1.54) is 17.7 Å². The van der Waals surface area contributed by atoms with E-state index in [1.54, 1.807) is 0 Å². The van der Waals surface area contributed by atoms with Crippen molar-refractivity contribution < 1.29 is 0 Å². The van der Waals surface area contributed by atoms with Gasteiger partial charge in [0.05, 0.1) is 0 Å². The molecule has 2 nitrogen and oxygen atoms in total. The Balaban J connectivity index is 1.63. The Hall–Kier alpha value is -0.450. The maximum absolute atomic E-state index is 5.87. The minimum atomic E-state index is 0.785. The number of benzene rings is 1. The summed E-state index contributed by atoms with van der Waals surface area (Å²) in [5.41, 5.74) is 0. The number of nitrogens with zero attached hydrogens (tertiary/aromatic N) is 1. The Labute approximate surface area is 136 Å². The molecule has 1 fully saturated rings. The summed E-state index contributed by atoms with van der Waals surface area (Å²) in [7, 11) is 0. The molecule has 20 heavy (non-hydrogen) atoms. The molecular formula is C15H21ClN2S2. The molecule has 0 unspecified atom stereocenters. The van der Waals surface area contributed by atoms with Crippen LogP contribution in [0.15, 0.2) is 29.2 Å². The molecule has 110 valence electrons. The molecule has 0 aliphatic carbocycles. The highest BCUT2D eigenvalue weighted by atomic mass is 35.5. The average Bonchev–Trinajstić information content (AvgIpc) is 2.46. The number of piperidine rings is 1. The van der Waals surface area contributed by atoms with E-state index < -0.39 is 0 Å². The Morgan fingerprint density at radius 3 is 2.65 bits per heavy atom. The van der Waals surface area contributed by atoms with Crippen molar-refractivity contribution >= 4 is 40.7 Å². The fourth-order valence-corrected chi connectivity index (χ4v) is 3.36. The lowest BCUT2D eigenvalue weighted by Crippen LogP contribution is -2.44. The highest BCUT2D eigenvalue weighted by Crippen LogP contribution is 2.20. The number of likely N-dealkylation sites (tertiary alicyclic amines) is 1.